The Kier molecular flexibility index (Phi) is 3.25. The molecule has 1 aromatic rings. The second kappa shape index (κ2) is 4.49. The molecule has 0 radical (unpaired) electrons. The summed E-state index contributed by atoms with van der Waals surface area (Å²) in [5, 5.41) is 2.91. The van der Waals surface area contributed by atoms with Gasteiger partial charge in [-0.3, -0.25) is 4.79 Å². The van der Waals surface area contributed by atoms with Gasteiger partial charge in [-0.2, -0.15) is 0 Å². The molecule has 2 heterocycles. The summed E-state index contributed by atoms with van der Waals surface area (Å²) in [6.45, 7) is 1.67. The Morgan fingerprint density at radius 2 is 2.53 bits per heavy atom. The van der Waals surface area contributed by atoms with E-state index in [1.54, 1.807) is 11.3 Å². The summed E-state index contributed by atoms with van der Waals surface area (Å²) < 4.78 is 0.851. The molecule has 1 unspecified atom stereocenters. The van der Waals surface area contributed by atoms with E-state index in [0.29, 0.717) is 6.54 Å². The van der Waals surface area contributed by atoms with Crippen molar-refractivity contribution in [3.05, 3.63) is 9.98 Å². The molecule has 15 heavy (non-hydrogen) atoms. The molecule has 0 spiro atoms. The zero-order valence-corrected chi connectivity index (χ0v) is 10.6. The van der Waals surface area contributed by atoms with Gasteiger partial charge in [-0.15, -0.1) is 11.3 Å². The van der Waals surface area contributed by atoms with Crippen LogP contribution in [0.3, 0.4) is 0 Å². The first kappa shape index (κ1) is 10.9. The number of nitrogens with two attached hydrogens (primary N) is 1. The van der Waals surface area contributed by atoms with E-state index >= 15 is 0 Å². The van der Waals surface area contributed by atoms with Crippen molar-refractivity contribution in [1.82, 2.24) is 4.98 Å². The van der Waals surface area contributed by atoms with Gasteiger partial charge in [0.15, 0.2) is 5.13 Å². The van der Waals surface area contributed by atoms with Gasteiger partial charge in [-0.1, -0.05) is 0 Å². The van der Waals surface area contributed by atoms with Crippen LogP contribution in [0.4, 0.5) is 5.13 Å². The van der Waals surface area contributed by atoms with Crippen molar-refractivity contribution in [1.29, 1.82) is 0 Å². The fraction of sp³-hybridized carbons (Fsp3) is 0.556. The van der Waals surface area contributed by atoms with Crippen molar-refractivity contribution in [2.24, 2.45) is 11.7 Å². The maximum Gasteiger partial charge on any atom is 0.222 e. The first-order valence-electron chi connectivity index (χ1n) is 4.82. The summed E-state index contributed by atoms with van der Waals surface area (Å²) in [6.07, 6.45) is 1.91. The second-order valence-corrected chi connectivity index (χ2v) is 5.29. The Hall–Kier alpha value is -0.620. The molecule has 1 saturated heterocycles. The minimum Gasteiger partial charge on any atom is -0.369 e. The molecule has 1 aliphatic rings. The quantitative estimate of drug-likeness (QED) is 0.900. The number of hydrogen-bond donors (Lipinski definition) is 1. The monoisotopic (exact) mass is 289 g/mol. The fourth-order valence-electron chi connectivity index (χ4n) is 1.77. The van der Waals surface area contributed by atoms with Crippen LogP contribution in [0.25, 0.3) is 0 Å². The molecule has 0 bridgehead atoms. The van der Waals surface area contributed by atoms with Crippen LogP contribution in [0.2, 0.25) is 0 Å². The lowest BCUT2D eigenvalue weighted by Crippen LogP contribution is -2.41. The van der Waals surface area contributed by atoms with Gasteiger partial charge in [0.2, 0.25) is 5.91 Å². The molecule has 0 aromatic carbocycles. The van der Waals surface area contributed by atoms with Crippen LogP contribution in [0.1, 0.15) is 12.8 Å². The molecule has 1 aromatic heterocycles. The Morgan fingerprint density at radius 3 is 3.13 bits per heavy atom. The highest BCUT2D eigenvalue weighted by Gasteiger charge is 2.25. The van der Waals surface area contributed by atoms with E-state index < -0.39 is 0 Å². The number of halogens is 1. The Labute approximate surface area is 101 Å². The van der Waals surface area contributed by atoms with Gasteiger partial charge in [0.05, 0.1) is 5.92 Å². The topological polar surface area (TPSA) is 59.2 Å². The van der Waals surface area contributed by atoms with Gasteiger partial charge in [0.25, 0.3) is 0 Å². The Balaban J connectivity index is 2.07. The van der Waals surface area contributed by atoms with Crippen LogP contribution in [0.5, 0.6) is 0 Å². The van der Waals surface area contributed by atoms with Crippen molar-refractivity contribution < 1.29 is 4.79 Å². The predicted octanol–water partition coefficient (Wildman–Crippen LogP) is 1.61. The lowest BCUT2D eigenvalue weighted by Gasteiger charge is -2.30. The zero-order valence-electron chi connectivity index (χ0n) is 8.15. The number of amides is 1. The summed E-state index contributed by atoms with van der Waals surface area (Å²) >= 11 is 4.91. The van der Waals surface area contributed by atoms with E-state index in [9.17, 15) is 4.79 Å². The van der Waals surface area contributed by atoms with Crippen LogP contribution >= 0.6 is 27.3 Å². The molecule has 82 valence electrons. The van der Waals surface area contributed by atoms with Crippen molar-refractivity contribution >= 4 is 38.3 Å². The van der Waals surface area contributed by atoms with Crippen LogP contribution in [-0.4, -0.2) is 24.0 Å². The minimum absolute atomic E-state index is 0.0265. The first-order valence-corrected chi connectivity index (χ1v) is 6.49. The van der Waals surface area contributed by atoms with Crippen molar-refractivity contribution in [3.63, 3.8) is 0 Å². The molecule has 0 saturated carbocycles. The third-order valence-electron chi connectivity index (χ3n) is 2.56. The number of carbonyl (C=O) groups excluding carboxylic acids is 1. The molecule has 1 amide bonds. The molecule has 2 rings (SSSR count). The smallest absolute Gasteiger partial charge is 0.222 e. The molecule has 0 aliphatic carbocycles. The summed E-state index contributed by atoms with van der Waals surface area (Å²) in [7, 11) is 0. The summed E-state index contributed by atoms with van der Waals surface area (Å²) in [5.74, 6) is -0.225. The van der Waals surface area contributed by atoms with Gasteiger partial charge in [-0.25, -0.2) is 4.98 Å². The number of rotatable bonds is 2. The second-order valence-electron chi connectivity index (χ2n) is 3.64. The van der Waals surface area contributed by atoms with E-state index in [2.05, 4.69) is 25.8 Å². The van der Waals surface area contributed by atoms with Gasteiger partial charge < -0.3 is 10.6 Å². The highest BCUT2D eigenvalue weighted by Crippen LogP contribution is 2.27. The van der Waals surface area contributed by atoms with Crippen LogP contribution < -0.4 is 10.6 Å². The van der Waals surface area contributed by atoms with Crippen molar-refractivity contribution in [3.8, 4) is 0 Å². The van der Waals surface area contributed by atoms with E-state index in [0.717, 1.165) is 29.1 Å². The molecule has 2 N–H and O–H groups in total. The normalized spacial score (nSPS) is 21.7. The summed E-state index contributed by atoms with van der Waals surface area (Å²) in [5.41, 5.74) is 5.32. The number of aromatic nitrogens is 1. The lowest BCUT2D eigenvalue weighted by atomic mass is 9.98. The molecule has 4 nitrogen and oxygen atoms in total. The van der Waals surface area contributed by atoms with Gasteiger partial charge in [0.1, 0.15) is 4.60 Å². The van der Waals surface area contributed by atoms with Gasteiger partial charge >= 0.3 is 0 Å². The standard InChI is InChI=1S/C9H12BrN3OS/c10-7-5-15-9(12-7)13-3-1-2-6(4-13)8(11)14/h5-6H,1-4H2,(H2,11,14). The van der Waals surface area contributed by atoms with E-state index in [4.69, 9.17) is 5.73 Å². The number of carbonyl (C=O) groups is 1. The fourth-order valence-corrected chi connectivity index (χ4v) is 3.06. The lowest BCUT2D eigenvalue weighted by molar-refractivity contribution is -0.122. The maximum absolute atomic E-state index is 11.1. The Morgan fingerprint density at radius 1 is 1.73 bits per heavy atom. The SMILES string of the molecule is NC(=O)C1CCCN(c2nc(Br)cs2)C1. The molecular formula is C9H12BrN3OS. The largest absolute Gasteiger partial charge is 0.369 e. The third kappa shape index (κ3) is 2.49. The number of primary amides is 1. The highest BCUT2D eigenvalue weighted by molar-refractivity contribution is 9.10. The number of piperidine rings is 1. The summed E-state index contributed by atoms with van der Waals surface area (Å²) in [6, 6.07) is 0. The average molecular weight is 290 g/mol. The number of anilines is 1. The van der Waals surface area contributed by atoms with Crippen LogP contribution in [0, 0.1) is 5.92 Å². The van der Waals surface area contributed by atoms with Gasteiger partial charge in [0, 0.05) is 18.5 Å². The molecule has 1 fully saturated rings. The number of hydrogen-bond acceptors (Lipinski definition) is 4. The molecule has 1 aliphatic heterocycles. The zero-order chi connectivity index (χ0) is 10.8. The maximum atomic E-state index is 11.1. The predicted molar refractivity (Wildman–Crippen MR) is 63.9 cm³/mol. The number of thiazole rings is 1. The van der Waals surface area contributed by atoms with Crippen molar-refractivity contribution in [2.45, 2.75) is 12.8 Å². The average Bonchev–Trinajstić information content (AvgIpc) is 2.65. The first-order chi connectivity index (χ1) is 7.16. The third-order valence-corrected chi connectivity index (χ3v) is 4.17. The van der Waals surface area contributed by atoms with E-state index in [-0.39, 0.29) is 11.8 Å². The summed E-state index contributed by atoms with van der Waals surface area (Å²) in [4.78, 5) is 17.6. The Bertz CT molecular complexity index is 368. The molecule has 1 atom stereocenters. The van der Waals surface area contributed by atoms with Crippen molar-refractivity contribution in [2.75, 3.05) is 18.0 Å². The highest BCUT2D eigenvalue weighted by atomic mass is 79.9. The van der Waals surface area contributed by atoms with E-state index in [1.807, 2.05) is 5.38 Å². The van der Waals surface area contributed by atoms with Crippen LogP contribution in [0.15, 0.2) is 9.98 Å². The molecule has 6 heteroatoms. The molecular weight excluding hydrogens is 278 g/mol. The van der Waals surface area contributed by atoms with Gasteiger partial charge in [-0.05, 0) is 28.8 Å². The van der Waals surface area contributed by atoms with E-state index in [1.165, 1.54) is 0 Å². The minimum atomic E-state index is -0.199. The number of nitrogens with zero attached hydrogens (tertiary/aromatic N) is 2. The van der Waals surface area contributed by atoms with Crippen LogP contribution in [-0.2, 0) is 4.79 Å².